The maximum atomic E-state index is 12.9. The molecule has 0 atom stereocenters. The number of hydrogen-bond donors (Lipinski definition) is 2. The summed E-state index contributed by atoms with van der Waals surface area (Å²) in [5, 5.41) is 2.72. The van der Waals surface area contributed by atoms with Crippen molar-refractivity contribution in [2.45, 2.75) is 20.3 Å². The summed E-state index contributed by atoms with van der Waals surface area (Å²) in [7, 11) is 0. The molecule has 0 bridgehead atoms. The van der Waals surface area contributed by atoms with Gasteiger partial charge >= 0.3 is 0 Å². The van der Waals surface area contributed by atoms with Crippen LogP contribution in [-0.4, -0.2) is 19.0 Å². The van der Waals surface area contributed by atoms with Crippen LogP contribution in [0.15, 0.2) is 18.2 Å². The van der Waals surface area contributed by atoms with Gasteiger partial charge in [0.15, 0.2) is 11.6 Å². The number of nitrogens with two attached hydrogens (primary N) is 1. The van der Waals surface area contributed by atoms with Gasteiger partial charge in [-0.05, 0) is 38.0 Å². The molecule has 0 saturated carbocycles. The van der Waals surface area contributed by atoms with Crippen molar-refractivity contribution in [1.82, 2.24) is 5.32 Å². The summed E-state index contributed by atoms with van der Waals surface area (Å²) in [5.41, 5.74) is 5.50. The van der Waals surface area contributed by atoms with E-state index in [2.05, 4.69) is 5.32 Å². The second-order valence-corrected chi connectivity index (χ2v) is 4.84. The Balaban J connectivity index is 2.47. The molecule has 1 aromatic carbocycles. The van der Waals surface area contributed by atoms with Crippen LogP contribution in [0.3, 0.4) is 0 Å². The Morgan fingerprint density at radius 3 is 2.56 bits per heavy atom. The predicted octanol–water partition coefficient (Wildman–Crippen LogP) is 1.61. The first kappa shape index (κ1) is 14.6. The zero-order valence-corrected chi connectivity index (χ0v) is 10.6. The minimum Gasteiger partial charge on any atom is -0.355 e. The number of halogens is 2. The van der Waals surface area contributed by atoms with Crippen LogP contribution in [0.4, 0.5) is 8.78 Å². The van der Waals surface area contributed by atoms with Crippen LogP contribution >= 0.6 is 0 Å². The van der Waals surface area contributed by atoms with Gasteiger partial charge in [0.1, 0.15) is 0 Å². The number of carbonyl (C=O) groups is 1. The fourth-order valence-corrected chi connectivity index (χ4v) is 1.35. The molecule has 18 heavy (non-hydrogen) atoms. The minimum absolute atomic E-state index is 0.146. The van der Waals surface area contributed by atoms with Crippen LogP contribution in [0.25, 0.3) is 0 Å². The molecule has 0 radical (unpaired) electrons. The Hall–Kier alpha value is -1.49. The van der Waals surface area contributed by atoms with E-state index < -0.39 is 17.0 Å². The van der Waals surface area contributed by atoms with Crippen molar-refractivity contribution in [2.24, 2.45) is 11.1 Å². The van der Waals surface area contributed by atoms with Crippen molar-refractivity contribution in [3.05, 3.63) is 35.4 Å². The first-order valence-corrected chi connectivity index (χ1v) is 5.79. The third-order valence-electron chi connectivity index (χ3n) is 2.81. The van der Waals surface area contributed by atoms with Gasteiger partial charge in [0.05, 0.1) is 5.41 Å². The van der Waals surface area contributed by atoms with Gasteiger partial charge in [0.2, 0.25) is 5.91 Å². The molecule has 0 heterocycles. The van der Waals surface area contributed by atoms with E-state index in [0.717, 1.165) is 12.1 Å². The number of carbonyl (C=O) groups excluding carboxylic acids is 1. The smallest absolute Gasteiger partial charge is 0.226 e. The second-order valence-electron chi connectivity index (χ2n) is 4.84. The fourth-order valence-electron chi connectivity index (χ4n) is 1.35. The molecule has 3 N–H and O–H groups in total. The van der Waals surface area contributed by atoms with Gasteiger partial charge in [0.25, 0.3) is 0 Å². The Labute approximate surface area is 105 Å². The number of hydrogen-bond acceptors (Lipinski definition) is 2. The summed E-state index contributed by atoms with van der Waals surface area (Å²) in [6, 6.07) is 3.71. The van der Waals surface area contributed by atoms with E-state index in [0.29, 0.717) is 18.5 Å². The molecule has 0 aliphatic rings. The Kier molecular flexibility index (Phi) is 4.78. The average molecular weight is 256 g/mol. The summed E-state index contributed by atoms with van der Waals surface area (Å²) >= 11 is 0. The molecule has 0 unspecified atom stereocenters. The zero-order chi connectivity index (χ0) is 13.8. The lowest BCUT2D eigenvalue weighted by Gasteiger charge is -2.21. The van der Waals surface area contributed by atoms with Crippen LogP contribution in [0.1, 0.15) is 19.4 Å². The van der Waals surface area contributed by atoms with Crippen LogP contribution in [0, 0.1) is 17.0 Å². The van der Waals surface area contributed by atoms with Crippen LogP contribution in [-0.2, 0) is 11.2 Å². The highest BCUT2D eigenvalue weighted by molar-refractivity contribution is 5.82. The van der Waals surface area contributed by atoms with Gasteiger partial charge in [-0.25, -0.2) is 8.78 Å². The summed E-state index contributed by atoms with van der Waals surface area (Å²) in [6.45, 7) is 4.12. The molecule has 100 valence electrons. The number of rotatable bonds is 5. The molecule has 1 amide bonds. The van der Waals surface area contributed by atoms with Gasteiger partial charge in [-0.3, -0.25) is 4.79 Å². The van der Waals surface area contributed by atoms with Crippen LogP contribution in [0.2, 0.25) is 0 Å². The molecule has 0 aliphatic heterocycles. The van der Waals surface area contributed by atoms with E-state index in [4.69, 9.17) is 5.73 Å². The van der Waals surface area contributed by atoms with Crippen LogP contribution < -0.4 is 11.1 Å². The predicted molar refractivity (Wildman–Crippen MR) is 65.9 cm³/mol. The standard InChI is InChI=1S/C13H18F2N2O/c1-13(2,8-16)12(18)17-6-5-9-3-4-10(14)11(15)7-9/h3-4,7H,5-6,8,16H2,1-2H3,(H,17,18). The summed E-state index contributed by atoms with van der Waals surface area (Å²) in [4.78, 5) is 11.7. The Bertz CT molecular complexity index is 433. The zero-order valence-electron chi connectivity index (χ0n) is 10.6. The molecule has 0 aliphatic carbocycles. The lowest BCUT2D eigenvalue weighted by atomic mass is 9.92. The lowest BCUT2D eigenvalue weighted by Crippen LogP contribution is -2.42. The SMILES string of the molecule is CC(C)(CN)C(=O)NCCc1ccc(F)c(F)c1. The van der Waals surface area contributed by atoms with Crippen molar-refractivity contribution < 1.29 is 13.6 Å². The van der Waals surface area contributed by atoms with Gasteiger partial charge < -0.3 is 11.1 Å². The number of amides is 1. The van der Waals surface area contributed by atoms with Gasteiger partial charge in [-0.1, -0.05) is 6.07 Å². The van der Waals surface area contributed by atoms with Crippen LogP contribution in [0.5, 0.6) is 0 Å². The van der Waals surface area contributed by atoms with E-state index in [-0.39, 0.29) is 12.5 Å². The second kappa shape index (κ2) is 5.91. The van der Waals surface area contributed by atoms with E-state index in [9.17, 15) is 13.6 Å². The van der Waals surface area contributed by atoms with Crippen molar-refractivity contribution in [3.8, 4) is 0 Å². The molecule has 1 aromatic rings. The van der Waals surface area contributed by atoms with Gasteiger partial charge in [-0.15, -0.1) is 0 Å². The first-order valence-electron chi connectivity index (χ1n) is 5.79. The highest BCUT2D eigenvalue weighted by atomic mass is 19.2. The minimum atomic E-state index is -0.874. The molecular formula is C13H18F2N2O. The first-order chi connectivity index (χ1) is 8.36. The van der Waals surface area contributed by atoms with E-state index in [1.807, 2.05) is 0 Å². The van der Waals surface area contributed by atoms with Gasteiger partial charge in [-0.2, -0.15) is 0 Å². The topological polar surface area (TPSA) is 55.1 Å². The van der Waals surface area contributed by atoms with Crippen molar-refractivity contribution in [3.63, 3.8) is 0 Å². The maximum absolute atomic E-state index is 12.9. The monoisotopic (exact) mass is 256 g/mol. The van der Waals surface area contributed by atoms with Crippen molar-refractivity contribution in [1.29, 1.82) is 0 Å². The number of nitrogens with one attached hydrogen (secondary N) is 1. The highest BCUT2D eigenvalue weighted by Gasteiger charge is 2.24. The molecule has 0 spiro atoms. The quantitative estimate of drug-likeness (QED) is 0.841. The third-order valence-corrected chi connectivity index (χ3v) is 2.81. The van der Waals surface area contributed by atoms with E-state index in [1.165, 1.54) is 6.07 Å². The average Bonchev–Trinajstić information content (AvgIpc) is 2.33. The van der Waals surface area contributed by atoms with Gasteiger partial charge in [0, 0.05) is 13.1 Å². The largest absolute Gasteiger partial charge is 0.355 e. The Morgan fingerprint density at radius 2 is 2.00 bits per heavy atom. The Morgan fingerprint density at radius 1 is 1.33 bits per heavy atom. The van der Waals surface area contributed by atoms with Crippen molar-refractivity contribution >= 4 is 5.91 Å². The summed E-state index contributed by atoms with van der Waals surface area (Å²) in [5.74, 6) is -1.89. The molecule has 0 fully saturated rings. The fraction of sp³-hybridized carbons (Fsp3) is 0.462. The third kappa shape index (κ3) is 3.77. The molecular weight excluding hydrogens is 238 g/mol. The highest BCUT2D eigenvalue weighted by Crippen LogP contribution is 2.12. The van der Waals surface area contributed by atoms with Crippen molar-refractivity contribution in [2.75, 3.05) is 13.1 Å². The maximum Gasteiger partial charge on any atom is 0.226 e. The summed E-state index contributed by atoms with van der Waals surface area (Å²) in [6.07, 6.45) is 0.448. The van der Waals surface area contributed by atoms with E-state index >= 15 is 0 Å². The molecule has 0 saturated heterocycles. The number of benzene rings is 1. The molecule has 0 aromatic heterocycles. The molecule has 1 rings (SSSR count). The lowest BCUT2D eigenvalue weighted by molar-refractivity contribution is -0.128. The normalized spacial score (nSPS) is 11.4. The molecule has 5 heteroatoms. The summed E-state index contributed by atoms with van der Waals surface area (Å²) < 4.78 is 25.6. The van der Waals surface area contributed by atoms with E-state index in [1.54, 1.807) is 13.8 Å². The molecule has 3 nitrogen and oxygen atoms in total.